The summed E-state index contributed by atoms with van der Waals surface area (Å²) in [6, 6.07) is 7.14. The molecular weight excluding hydrogens is 318 g/mol. The van der Waals surface area contributed by atoms with E-state index >= 15 is 0 Å². The average molecular weight is 340 g/mol. The predicted octanol–water partition coefficient (Wildman–Crippen LogP) is 0.653. The lowest BCUT2D eigenvalue weighted by Gasteiger charge is -2.08. The van der Waals surface area contributed by atoms with E-state index in [1.165, 1.54) is 0 Å². The Morgan fingerprint density at radius 2 is 1.91 bits per heavy atom. The first-order valence-corrected chi connectivity index (χ1v) is 7.51. The fourth-order valence-electron chi connectivity index (χ4n) is 2.39. The molecule has 0 radical (unpaired) electrons. The van der Waals surface area contributed by atoms with Crippen LogP contribution in [0.2, 0.25) is 0 Å². The van der Waals surface area contributed by atoms with Crippen molar-refractivity contribution >= 4 is 30.1 Å². The van der Waals surface area contributed by atoms with E-state index in [1.807, 2.05) is 19.1 Å². The summed E-state index contributed by atoms with van der Waals surface area (Å²) in [6.07, 6.45) is 0.755. The quantitative estimate of drug-likeness (QED) is 0.503. The molecule has 3 N–H and O–H groups in total. The largest absolute Gasteiger partial charge is 0.351 e. The zero-order valence-corrected chi connectivity index (χ0v) is 13.9. The molecule has 0 aliphatic carbocycles. The first-order chi connectivity index (χ1) is 10.6. The van der Waals surface area contributed by atoms with Gasteiger partial charge in [0.15, 0.2) is 0 Å². The Bertz CT molecular complexity index is 560. The van der Waals surface area contributed by atoms with E-state index < -0.39 is 0 Å². The highest BCUT2D eigenvalue weighted by atomic mass is 35.5. The van der Waals surface area contributed by atoms with E-state index in [1.54, 1.807) is 12.1 Å². The number of carbonyl (C=O) groups excluding carboxylic acids is 3. The molecule has 7 heteroatoms. The van der Waals surface area contributed by atoms with Gasteiger partial charge in [0.2, 0.25) is 11.8 Å². The van der Waals surface area contributed by atoms with Crippen molar-refractivity contribution < 1.29 is 14.4 Å². The minimum Gasteiger partial charge on any atom is -0.351 e. The first kappa shape index (κ1) is 19.1. The third-order valence-electron chi connectivity index (χ3n) is 3.60. The maximum atomic E-state index is 11.9. The van der Waals surface area contributed by atoms with Gasteiger partial charge in [-0.3, -0.25) is 19.7 Å². The van der Waals surface area contributed by atoms with Crippen molar-refractivity contribution in [3.63, 3.8) is 0 Å². The Balaban J connectivity index is 0.00000264. The second-order valence-electron chi connectivity index (χ2n) is 5.32. The molecule has 1 saturated heterocycles. The number of nitrogens with one attached hydrogen (secondary N) is 3. The minimum absolute atomic E-state index is 0. The number of hydrogen-bond acceptors (Lipinski definition) is 4. The van der Waals surface area contributed by atoms with Crippen molar-refractivity contribution in [3.05, 3.63) is 35.4 Å². The van der Waals surface area contributed by atoms with Gasteiger partial charge in [-0.25, -0.2) is 0 Å². The van der Waals surface area contributed by atoms with Gasteiger partial charge in [0.25, 0.3) is 5.91 Å². The molecule has 1 aliphatic heterocycles. The van der Waals surface area contributed by atoms with Crippen LogP contribution in [0.15, 0.2) is 24.3 Å². The highest BCUT2D eigenvalue weighted by Gasteiger charge is 2.30. The molecule has 1 aliphatic rings. The van der Waals surface area contributed by atoms with Gasteiger partial charge in [0, 0.05) is 25.1 Å². The van der Waals surface area contributed by atoms with Crippen LogP contribution in [-0.4, -0.2) is 37.4 Å². The van der Waals surface area contributed by atoms with Gasteiger partial charge in [0.1, 0.15) is 0 Å². The zero-order valence-electron chi connectivity index (χ0n) is 13.1. The summed E-state index contributed by atoms with van der Waals surface area (Å²) in [4.78, 5) is 34.6. The third-order valence-corrected chi connectivity index (χ3v) is 3.60. The summed E-state index contributed by atoms with van der Waals surface area (Å²) in [5.74, 6) is -0.840. The fourth-order valence-corrected chi connectivity index (χ4v) is 2.39. The van der Waals surface area contributed by atoms with Gasteiger partial charge in [0.05, 0.1) is 5.92 Å². The van der Waals surface area contributed by atoms with Gasteiger partial charge >= 0.3 is 0 Å². The number of halogens is 1. The Labute approximate surface area is 141 Å². The summed E-state index contributed by atoms with van der Waals surface area (Å²) in [7, 11) is 0. The van der Waals surface area contributed by atoms with Gasteiger partial charge in [-0.1, -0.05) is 19.1 Å². The van der Waals surface area contributed by atoms with Crippen LogP contribution >= 0.6 is 12.4 Å². The van der Waals surface area contributed by atoms with Crippen molar-refractivity contribution in [2.24, 2.45) is 5.92 Å². The summed E-state index contributed by atoms with van der Waals surface area (Å²) < 4.78 is 0. The number of amides is 3. The van der Waals surface area contributed by atoms with E-state index in [0.29, 0.717) is 18.5 Å². The molecule has 1 unspecified atom stereocenters. The van der Waals surface area contributed by atoms with Crippen LogP contribution in [0.1, 0.15) is 29.3 Å². The smallest absolute Gasteiger partial charge is 0.251 e. The zero-order chi connectivity index (χ0) is 15.9. The molecule has 126 valence electrons. The first-order valence-electron chi connectivity index (χ1n) is 7.51. The molecule has 0 saturated carbocycles. The normalized spacial score (nSPS) is 16.7. The Morgan fingerprint density at radius 3 is 2.48 bits per heavy atom. The van der Waals surface area contributed by atoms with Crippen molar-refractivity contribution in [1.82, 2.24) is 16.0 Å². The molecule has 2 rings (SSSR count). The monoisotopic (exact) mass is 339 g/mol. The van der Waals surface area contributed by atoms with E-state index in [-0.39, 0.29) is 42.5 Å². The number of benzene rings is 1. The summed E-state index contributed by atoms with van der Waals surface area (Å²) in [5.41, 5.74) is 1.53. The SMILES string of the molecule is CCNCCNC(=O)c1ccc(CC2CC(=O)NC2=O)cc1.Cl. The molecule has 0 aromatic heterocycles. The van der Waals surface area contributed by atoms with Crippen LogP contribution in [-0.2, 0) is 16.0 Å². The second kappa shape index (κ2) is 9.27. The molecule has 1 aromatic rings. The average Bonchev–Trinajstić information content (AvgIpc) is 2.82. The van der Waals surface area contributed by atoms with Crippen LogP contribution in [0.4, 0.5) is 0 Å². The molecular formula is C16H22ClN3O3. The summed E-state index contributed by atoms with van der Waals surface area (Å²) >= 11 is 0. The lowest BCUT2D eigenvalue weighted by molar-refractivity contribution is -0.125. The molecule has 6 nitrogen and oxygen atoms in total. The lowest BCUT2D eigenvalue weighted by Crippen LogP contribution is -2.31. The maximum Gasteiger partial charge on any atom is 0.251 e. The van der Waals surface area contributed by atoms with Crippen LogP contribution in [0.3, 0.4) is 0 Å². The topological polar surface area (TPSA) is 87.3 Å². The number of hydrogen-bond donors (Lipinski definition) is 3. The molecule has 0 spiro atoms. The van der Waals surface area contributed by atoms with Crippen LogP contribution in [0.5, 0.6) is 0 Å². The van der Waals surface area contributed by atoms with Gasteiger partial charge in [-0.05, 0) is 30.7 Å². The third kappa shape index (κ3) is 5.65. The van der Waals surface area contributed by atoms with Crippen LogP contribution in [0, 0.1) is 5.92 Å². The van der Waals surface area contributed by atoms with Gasteiger partial charge in [-0.15, -0.1) is 12.4 Å². The van der Waals surface area contributed by atoms with Crippen molar-refractivity contribution in [1.29, 1.82) is 0 Å². The Morgan fingerprint density at radius 1 is 1.22 bits per heavy atom. The maximum absolute atomic E-state index is 11.9. The second-order valence-corrected chi connectivity index (χ2v) is 5.32. The summed E-state index contributed by atoms with van der Waals surface area (Å²) in [5, 5.41) is 8.26. The Kier molecular flexibility index (Phi) is 7.71. The fraction of sp³-hybridized carbons (Fsp3) is 0.438. The predicted molar refractivity (Wildman–Crippen MR) is 89.5 cm³/mol. The Hall–Kier alpha value is -1.92. The minimum atomic E-state index is -0.299. The van der Waals surface area contributed by atoms with Crippen LogP contribution in [0.25, 0.3) is 0 Å². The number of imide groups is 1. The molecule has 23 heavy (non-hydrogen) atoms. The van der Waals surface area contributed by atoms with Crippen molar-refractivity contribution in [2.75, 3.05) is 19.6 Å². The van der Waals surface area contributed by atoms with Gasteiger partial charge < -0.3 is 10.6 Å². The summed E-state index contributed by atoms with van der Waals surface area (Å²) in [6.45, 7) is 4.21. The van der Waals surface area contributed by atoms with E-state index in [2.05, 4.69) is 16.0 Å². The molecule has 1 heterocycles. The van der Waals surface area contributed by atoms with E-state index in [0.717, 1.165) is 18.7 Å². The molecule has 0 bridgehead atoms. The standard InChI is InChI=1S/C16H21N3O3.ClH/c1-2-17-7-8-18-15(21)12-5-3-11(4-6-12)9-13-10-14(20)19-16(13)22;/h3-6,13,17H,2,7-10H2,1H3,(H,18,21)(H,19,20,22);1H. The highest BCUT2D eigenvalue weighted by Crippen LogP contribution is 2.17. The van der Waals surface area contributed by atoms with E-state index in [4.69, 9.17) is 0 Å². The van der Waals surface area contributed by atoms with Crippen LogP contribution < -0.4 is 16.0 Å². The van der Waals surface area contributed by atoms with E-state index in [9.17, 15) is 14.4 Å². The molecule has 1 atom stereocenters. The number of carbonyl (C=O) groups is 3. The van der Waals surface area contributed by atoms with Crippen molar-refractivity contribution in [3.8, 4) is 0 Å². The molecule has 1 fully saturated rings. The molecule has 3 amide bonds. The lowest BCUT2D eigenvalue weighted by atomic mass is 9.97. The highest BCUT2D eigenvalue weighted by molar-refractivity contribution is 6.03. The van der Waals surface area contributed by atoms with Crippen molar-refractivity contribution in [2.45, 2.75) is 19.8 Å². The number of rotatable bonds is 7. The van der Waals surface area contributed by atoms with Gasteiger partial charge in [-0.2, -0.15) is 0 Å². The number of likely N-dealkylation sites (N-methyl/N-ethyl adjacent to an activating group) is 1. The molecule has 1 aromatic carbocycles.